The summed E-state index contributed by atoms with van der Waals surface area (Å²) in [5.74, 6) is 4.17. The van der Waals surface area contributed by atoms with Gasteiger partial charge in [-0.2, -0.15) is 0 Å². The van der Waals surface area contributed by atoms with Crippen molar-refractivity contribution in [1.29, 1.82) is 0 Å². The SMILES string of the molecule is Cc1nc(C)c(C)c(-c2ccc(-c3cc4ccccc4c4ccccc34)cc2)n1.Cc1nc(C)c(C)c(-c2ccc(-c3ccc(-c4nc5ccccc5n4-c4ccccc4)cc3)cc2)n1.Cc1nc(C)c(C)c(-c2ccc(-c3ccc4c5ccccc5c5ccccc5c4c3)cc2)n1.Cc1nc(C)c(C)c(-c2ccc(-c3ccc4cc(-c5ccc6ccccc6c5)ccc4c3)cc2)n1. The minimum atomic E-state index is 0.800. The average Bonchev–Trinajstić information content (AvgIpc) is 1.76. The summed E-state index contributed by atoms with van der Waals surface area (Å²) in [4.78, 5) is 41.7. The van der Waals surface area contributed by atoms with E-state index in [-0.39, 0.29) is 0 Å². The molecular weight excluding hydrogens is 1620 g/mol. The minimum absolute atomic E-state index is 0.800. The molecule has 0 amide bonds. The van der Waals surface area contributed by atoms with Gasteiger partial charge in [-0.3, -0.25) is 4.57 Å². The van der Waals surface area contributed by atoms with Gasteiger partial charge in [-0.25, -0.2) is 44.9 Å². The van der Waals surface area contributed by atoms with E-state index < -0.39 is 0 Å². The highest BCUT2D eigenvalue weighted by Gasteiger charge is 2.20. The van der Waals surface area contributed by atoms with Gasteiger partial charge in [-0.15, -0.1) is 0 Å². The Bertz CT molecular complexity index is 8380. The van der Waals surface area contributed by atoms with E-state index in [4.69, 9.17) is 9.97 Å². The van der Waals surface area contributed by atoms with Gasteiger partial charge in [-0.05, 0) is 291 Å². The molecule has 5 aromatic heterocycles. The van der Waals surface area contributed by atoms with E-state index in [9.17, 15) is 0 Å². The standard InChI is InChI=1S/C33H26N2.C32H26N4.C31H24N2.C27H22N2/c1-21-22(2)34-23(3)35-33(21)26-11-8-25(9-12-26)28-14-15-31-20-32(17-16-30(31)19-28)29-13-10-24-6-4-5-7-27(24)18-29;1-21-22(2)33-23(3)34-31(21)26-17-13-24(14-18-26)25-15-19-27(20-16-25)32-35-29-11-7-8-12-30(29)36(32)28-9-5-4-6-10-28;1-19-20(2)32-21(3)33-31(19)23-14-12-22(13-15-23)24-16-17-29-27-10-5-4-8-25(27)26-9-6-7-11-28(26)30(29)18-24;1-17-18(2)28-19(3)29-27(17)21-14-12-20(13-15-21)26-16-22-8-4-5-9-23(22)24-10-6-7-11-25(24)26/h4-20H,1-3H3;4-20H,1-3H3;4-18H,1-3H3;4-16H,1-3H3. The number of aromatic nitrogens is 10. The van der Waals surface area contributed by atoms with E-state index in [0.29, 0.717) is 0 Å². The van der Waals surface area contributed by atoms with Crippen molar-refractivity contribution in [3.05, 3.63) is 444 Å². The van der Waals surface area contributed by atoms with Crippen LogP contribution in [-0.2, 0) is 0 Å². The molecule has 640 valence electrons. The van der Waals surface area contributed by atoms with Crippen LogP contribution in [0.4, 0.5) is 0 Å². The summed E-state index contributed by atoms with van der Waals surface area (Å²) in [6.45, 7) is 24.3. The van der Waals surface area contributed by atoms with E-state index in [0.717, 1.165) is 141 Å². The van der Waals surface area contributed by atoms with E-state index in [1.54, 1.807) is 0 Å². The lowest BCUT2D eigenvalue weighted by atomic mass is 9.92. The third kappa shape index (κ3) is 17.1. The molecule has 0 bridgehead atoms. The van der Waals surface area contributed by atoms with Gasteiger partial charge in [0.25, 0.3) is 0 Å². The summed E-state index contributed by atoms with van der Waals surface area (Å²) in [5, 5.41) is 18.0. The van der Waals surface area contributed by atoms with Crippen molar-refractivity contribution in [1.82, 2.24) is 49.4 Å². The van der Waals surface area contributed by atoms with Crippen LogP contribution in [0.5, 0.6) is 0 Å². The second kappa shape index (κ2) is 36.2. The monoisotopic (exact) mass is 1710 g/mol. The van der Waals surface area contributed by atoms with Crippen LogP contribution in [0, 0.1) is 83.1 Å². The molecule has 0 fully saturated rings. The largest absolute Gasteiger partial charge is 0.292 e. The fourth-order valence-electron chi connectivity index (χ4n) is 18.7. The number of hydrogen-bond acceptors (Lipinski definition) is 9. The second-order valence-corrected chi connectivity index (χ2v) is 34.7. The van der Waals surface area contributed by atoms with Gasteiger partial charge in [0.15, 0.2) is 0 Å². The van der Waals surface area contributed by atoms with Gasteiger partial charge < -0.3 is 0 Å². The maximum absolute atomic E-state index is 4.98. The fraction of sp³-hybridized carbons (Fsp3) is 0.0976. The molecule has 5 heterocycles. The molecule has 23 aromatic rings. The Labute approximate surface area is 775 Å². The molecular formula is C123H98N10. The molecule has 0 spiro atoms. The maximum Gasteiger partial charge on any atom is 0.145 e. The fourth-order valence-corrected chi connectivity index (χ4v) is 18.7. The van der Waals surface area contributed by atoms with E-state index in [1.165, 1.54) is 131 Å². The van der Waals surface area contributed by atoms with E-state index >= 15 is 0 Å². The molecule has 0 radical (unpaired) electrons. The molecule has 23 rings (SSSR count). The van der Waals surface area contributed by atoms with Crippen molar-refractivity contribution in [2.24, 2.45) is 0 Å². The van der Waals surface area contributed by atoms with Crippen LogP contribution >= 0.6 is 0 Å². The second-order valence-electron chi connectivity index (χ2n) is 34.7. The minimum Gasteiger partial charge on any atom is -0.292 e. The Morgan fingerprint density at radius 1 is 0.173 bits per heavy atom. The molecule has 0 N–H and O–H groups in total. The molecule has 0 unspecified atom stereocenters. The number of imidazole rings is 1. The van der Waals surface area contributed by atoms with Gasteiger partial charge in [-0.1, -0.05) is 322 Å². The molecule has 18 aromatic carbocycles. The van der Waals surface area contributed by atoms with E-state index in [2.05, 4.69) is 431 Å². The molecule has 0 aliphatic heterocycles. The molecule has 133 heavy (non-hydrogen) atoms. The zero-order valence-electron chi connectivity index (χ0n) is 76.8. The summed E-state index contributed by atoms with van der Waals surface area (Å²) < 4.78 is 2.23. The van der Waals surface area contributed by atoms with Crippen molar-refractivity contribution in [3.63, 3.8) is 0 Å². The van der Waals surface area contributed by atoms with Gasteiger partial charge in [0.2, 0.25) is 0 Å². The predicted molar refractivity (Wildman–Crippen MR) is 557 cm³/mol. The Balaban J connectivity index is 0.000000111. The Hall–Kier alpha value is -16.4. The van der Waals surface area contributed by atoms with Crippen LogP contribution in [0.25, 0.3) is 204 Å². The smallest absolute Gasteiger partial charge is 0.145 e. The van der Waals surface area contributed by atoms with Crippen LogP contribution in [0.2, 0.25) is 0 Å². The summed E-state index contributed by atoms with van der Waals surface area (Å²) in [7, 11) is 0. The molecule has 0 saturated heterocycles. The normalized spacial score (nSPS) is 11.3. The first-order valence-corrected chi connectivity index (χ1v) is 45.5. The quantitative estimate of drug-likeness (QED) is 0.117. The molecule has 0 aliphatic rings. The number of nitrogens with zero attached hydrogens (tertiary/aromatic N) is 10. The average molecular weight is 1720 g/mol. The highest BCUT2D eigenvalue weighted by molar-refractivity contribution is 6.26. The van der Waals surface area contributed by atoms with Gasteiger partial charge >= 0.3 is 0 Å². The number of para-hydroxylation sites is 3. The Morgan fingerprint density at radius 2 is 0.459 bits per heavy atom. The third-order valence-electron chi connectivity index (χ3n) is 26.1. The first-order chi connectivity index (χ1) is 64.8. The molecule has 0 saturated carbocycles. The lowest BCUT2D eigenvalue weighted by molar-refractivity contribution is 0.991. The number of benzene rings is 18. The van der Waals surface area contributed by atoms with Crippen LogP contribution in [0.15, 0.2) is 376 Å². The number of fused-ring (bicyclic) bond motifs is 12. The van der Waals surface area contributed by atoms with Crippen LogP contribution in [0.1, 0.15) is 68.3 Å². The summed E-state index contributed by atoms with van der Waals surface area (Å²) in [6.07, 6.45) is 0. The van der Waals surface area contributed by atoms with E-state index in [1.807, 2.05) is 67.5 Å². The highest BCUT2D eigenvalue weighted by atomic mass is 15.1. The summed E-state index contributed by atoms with van der Waals surface area (Å²) in [5.41, 5.74) is 33.6. The number of aryl methyl sites for hydroxylation is 8. The van der Waals surface area contributed by atoms with Gasteiger partial charge in [0.1, 0.15) is 29.1 Å². The van der Waals surface area contributed by atoms with Crippen molar-refractivity contribution in [3.8, 4) is 118 Å². The lowest BCUT2D eigenvalue weighted by Gasteiger charge is -2.13. The zero-order chi connectivity index (χ0) is 91.1. The van der Waals surface area contributed by atoms with Crippen molar-refractivity contribution in [2.45, 2.75) is 83.1 Å². The van der Waals surface area contributed by atoms with Crippen molar-refractivity contribution < 1.29 is 0 Å². The van der Waals surface area contributed by atoms with Gasteiger partial charge in [0.05, 0.1) is 33.8 Å². The number of rotatable bonds is 11. The van der Waals surface area contributed by atoms with Crippen molar-refractivity contribution >= 4 is 86.4 Å². The molecule has 10 heteroatoms. The first kappa shape index (κ1) is 84.7. The van der Waals surface area contributed by atoms with Gasteiger partial charge in [0, 0.05) is 56.3 Å². The van der Waals surface area contributed by atoms with Crippen molar-refractivity contribution in [2.75, 3.05) is 0 Å². The first-order valence-electron chi connectivity index (χ1n) is 45.5. The Kier molecular flexibility index (Phi) is 23.1. The highest BCUT2D eigenvalue weighted by Crippen LogP contribution is 2.42. The predicted octanol–water partition coefficient (Wildman–Crippen LogP) is 31.7. The maximum atomic E-state index is 4.98. The summed E-state index contributed by atoms with van der Waals surface area (Å²) >= 11 is 0. The van der Waals surface area contributed by atoms with Crippen LogP contribution in [0.3, 0.4) is 0 Å². The Morgan fingerprint density at radius 3 is 0.902 bits per heavy atom. The molecule has 10 nitrogen and oxygen atoms in total. The summed E-state index contributed by atoms with van der Waals surface area (Å²) in [6, 6.07) is 135. The molecule has 0 atom stereocenters. The lowest BCUT2D eigenvalue weighted by Crippen LogP contribution is -1.99. The molecule has 0 aliphatic carbocycles. The zero-order valence-corrected chi connectivity index (χ0v) is 76.8. The van der Waals surface area contributed by atoms with Crippen LogP contribution in [-0.4, -0.2) is 49.4 Å². The number of hydrogen-bond donors (Lipinski definition) is 0. The topological polar surface area (TPSA) is 121 Å². The third-order valence-corrected chi connectivity index (χ3v) is 26.1. The van der Waals surface area contributed by atoms with Crippen LogP contribution < -0.4 is 0 Å².